The monoisotopic (exact) mass is 1530 g/mol. The molecular weight excluding hydrogens is 1460 g/mol. The van der Waals surface area contributed by atoms with E-state index in [1.54, 1.807) is 129 Å². The number of nitrogen functional groups attached to an aromatic ring is 3. The van der Waals surface area contributed by atoms with E-state index in [1.807, 2.05) is 65.8 Å². The van der Waals surface area contributed by atoms with E-state index in [0.29, 0.717) is 96.9 Å². The van der Waals surface area contributed by atoms with Crippen LogP contribution in [0.3, 0.4) is 0 Å². The Kier molecular flexibility index (Phi) is 26.4. The van der Waals surface area contributed by atoms with Gasteiger partial charge in [0.05, 0.1) is 43.0 Å². The molecule has 0 aliphatic rings. The maximum absolute atomic E-state index is 13.0. The van der Waals surface area contributed by atoms with Gasteiger partial charge in [-0.1, -0.05) is 46.9 Å². The van der Waals surface area contributed by atoms with Crippen molar-refractivity contribution in [3.05, 3.63) is 288 Å². The number of nitrogens with zero attached hydrogens (tertiary/aromatic N) is 9. The standard InChI is InChI=1S/2C25H24ClN5O2.C24H20ClN5O2.CH3.HI.Mg/c2*1-14-8-23(27)31-15(2)20(14)13-30-24(32)16-6-7-28-22(11-16)25(3,33)18-4-5-21-17(9-18)10-19(26)12-29-21;1-13-7-22(26)30-14(2)19(13)12-29-24(32)16-5-6-27-21(10-16)23(31)15-3-4-20-17(8-15)9-18(25)11-28-20;;;/h2*4-12,33H,13H2,1-3H3,(H2,27,31)(H,30,32);3-11H,12H2,1-2H3,(H2,26,30)(H,29,32);1H3;1H;/q;;;-1;;+2/p-1. The van der Waals surface area contributed by atoms with Crippen molar-refractivity contribution in [2.75, 3.05) is 17.2 Å². The van der Waals surface area contributed by atoms with Gasteiger partial charge in [0.25, 0.3) is 17.7 Å². The van der Waals surface area contributed by atoms with Gasteiger partial charge < -0.3 is 74.8 Å². The molecule has 12 rings (SSSR count). The van der Waals surface area contributed by atoms with Crippen molar-refractivity contribution in [1.29, 1.82) is 0 Å². The van der Waals surface area contributed by atoms with Crippen molar-refractivity contribution in [2.24, 2.45) is 0 Å². The summed E-state index contributed by atoms with van der Waals surface area (Å²) < 4.78 is 0. The summed E-state index contributed by atoms with van der Waals surface area (Å²) >= 11 is 18.1. The molecule has 12 aromatic rings. The number of nitrogens with one attached hydrogen (secondary N) is 3. The number of carbonyl (C=O) groups is 4. The second-order valence-electron chi connectivity index (χ2n) is 23.8. The van der Waals surface area contributed by atoms with Crippen LogP contribution in [0, 0.1) is 49.0 Å². The fraction of sp³-hybridized carbons (Fsp3) is 0.173. The number of ketones is 1. The maximum Gasteiger partial charge on any atom is 2.00 e. The van der Waals surface area contributed by atoms with Crippen LogP contribution in [0.4, 0.5) is 17.5 Å². The van der Waals surface area contributed by atoms with E-state index in [2.05, 4.69) is 60.8 Å². The molecule has 0 aliphatic heterocycles. The molecule has 9 aromatic heterocycles. The van der Waals surface area contributed by atoms with Crippen LogP contribution in [0.5, 0.6) is 0 Å². The summed E-state index contributed by atoms with van der Waals surface area (Å²) in [5.41, 5.74) is 28.3. The average molecular weight is 1540 g/mol. The summed E-state index contributed by atoms with van der Waals surface area (Å²) in [6.45, 7) is 15.6. The summed E-state index contributed by atoms with van der Waals surface area (Å²) in [5, 5.41) is 35.2. The van der Waals surface area contributed by atoms with Crippen molar-refractivity contribution >= 4 is 132 Å². The van der Waals surface area contributed by atoms with Crippen LogP contribution in [0.15, 0.2) is 165 Å². The molecule has 9 heterocycles. The molecule has 26 heteroatoms. The van der Waals surface area contributed by atoms with Crippen LogP contribution in [0.2, 0.25) is 15.1 Å². The molecule has 3 amide bonds. The molecule has 101 heavy (non-hydrogen) atoms. The van der Waals surface area contributed by atoms with Gasteiger partial charge in [0, 0.05) is 112 Å². The summed E-state index contributed by atoms with van der Waals surface area (Å²) in [7, 11) is 0. The van der Waals surface area contributed by atoms with E-state index in [0.717, 1.165) is 83.2 Å². The van der Waals surface area contributed by atoms with Crippen LogP contribution in [0.25, 0.3) is 32.7 Å². The number of hydrogen-bond donors (Lipinski definition) is 8. The Labute approximate surface area is 632 Å². The largest absolute Gasteiger partial charge is 2.00 e. The van der Waals surface area contributed by atoms with E-state index in [-0.39, 0.29) is 83.7 Å². The third-order valence-electron chi connectivity index (χ3n) is 16.6. The molecule has 0 fully saturated rings. The fourth-order valence-electron chi connectivity index (χ4n) is 11.2. The third-order valence-corrected chi connectivity index (χ3v) is 17.2. The number of benzene rings is 3. The molecular formula is C75H71Cl3IMgN15O6. The quantitative estimate of drug-likeness (QED) is 0.0205. The third kappa shape index (κ3) is 19.0. The number of aromatic nitrogens is 9. The molecule has 2 atom stereocenters. The summed E-state index contributed by atoms with van der Waals surface area (Å²) in [6, 6.07) is 36.1. The first-order valence-corrected chi connectivity index (χ1v) is 31.8. The Morgan fingerprint density at radius 1 is 0.426 bits per heavy atom. The Balaban J connectivity index is 0.000000209. The van der Waals surface area contributed by atoms with Crippen LogP contribution in [-0.4, -0.2) is 102 Å². The van der Waals surface area contributed by atoms with Gasteiger partial charge in [-0.25, -0.2) is 15.0 Å². The predicted molar refractivity (Wildman–Crippen MR) is 394 cm³/mol. The number of fused-ring (bicyclic) bond motifs is 3. The zero-order chi connectivity index (χ0) is 70.3. The van der Waals surface area contributed by atoms with Crippen molar-refractivity contribution in [2.45, 2.75) is 86.2 Å². The predicted octanol–water partition coefficient (Wildman–Crippen LogP) is 9.24. The second kappa shape index (κ2) is 33.8. The Bertz CT molecular complexity index is 4850. The normalized spacial score (nSPS) is 11.9. The maximum atomic E-state index is 13.0. The minimum Gasteiger partial charge on any atom is -1.00 e. The number of carbonyl (C=O) groups excluding carboxylic acids is 4. The zero-order valence-corrected chi connectivity index (χ0v) is 62.6. The van der Waals surface area contributed by atoms with E-state index in [4.69, 9.17) is 52.0 Å². The SMILES string of the molecule is Cc1cc(N)nc(C)c1CNC(=O)c1ccnc(C(=O)c2ccc3ncc(Cl)cc3c2)c1.Cc1cc(N)nc(C)c1CNC(=O)c1ccnc(C(C)(O)c2ccc3ncc(Cl)cc3c2)c1.Cc1cc(N)nc(C)c1CNC(=O)c1ccnc(C(C)(O)c2ccc3ncc(Cl)cc3c2)c1.[CH3-].[I-].[Mg+2]. The van der Waals surface area contributed by atoms with E-state index < -0.39 is 11.2 Å². The van der Waals surface area contributed by atoms with Gasteiger partial charge >= 0.3 is 23.1 Å². The summed E-state index contributed by atoms with van der Waals surface area (Å²) in [5.74, 6) is 0.182. The Hall–Kier alpha value is -9.44. The second-order valence-corrected chi connectivity index (χ2v) is 25.1. The van der Waals surface area contributed by atoms with E-state index >= 15 is 0 Å². The van der Waals surface area contributed by atoms with E-state index in [9.17, 15) is 29.4 Å². The number of halogens is 4. The number of nitrogens with two attached hydrogens (primary N) is 3. The first-order valence-electron chi connectivity index (χ1n) is 30.7. The molecule has 11 N–H and O–H groups in total. The number of rotatable bonds is 15. The number of anilines is 3. The molecule has 3 aromatic carbocycles. The van der Waals surface area contributed by atoms with Crippen LogP contribution in [-0.2, 0) is 30.8 Å². The Morgan fingerprint density at radius 2 is 0.752 bits per heavy atom. The van der Waals surface area contributed by atoms with Crippen molar-refractivity contribution < 1.29 is 53.4 Å². The summed E-state index contributed by atoms with van der Waals surface area (Å²) in [4.78, 5) is 89.8. The fourth-order valence-corrected chi connectivity index (χ4v) is 11.7. The van der Waals surface area contributed by atoms with Crippen molar-refractivity contribution in [3.8, 4) is 0 Å². The smallest absolute Gasteiger partial charge is 1.00 e. The molecule has 512 valence electrons. The first-order chi connectivity index (χ1) is 46.6. The molecule has 0 bridgehead atoms. The molecule has 0 saturated carbocycles. The number of aliphatic hydroxyl groups is 2. The minimum atomic E-state index is -1.43. The molecule has 0 aliphatic carbocycles. The van der Waals surface area contributed by atoms with Gasteiger partial charge in [-0.05, 0) is 215 Å². The molecule has 0 saturated heterocycles. The summed E-state index contributed by atoms with van der Waals surface area (Å²) in [6.07, 6.45) is 9.18. The van der Waals surface area contributed by atoms with Crippen molar-refractivity contribution in [3.63, 3.8) is 0 Å². The van der Waals surface area contributed by atoms with Crippen LogP contribution in [0.1, 0.15) is 134 Å². The number of aryl methyl sites for hydroxylation is 6. The number of hydrogen-bond acceptors (Lipinski definition) is 18. The van der Waals surface area contributed by atoms with Gasteiger partial charge in [0.1, 0.15) is 34.3 Å². The van der Waals surface area contributed by atoms with Gasteiger partial charge in [-0.3, -0.25) is 49.1 Å². The van der Waals surface area contributed by atoms with Crippen molar-refractivity contribution in [1.82, 2.24) is 60.8 Å². The van der Waals surface area contributed by atoms with Gasteiger partial charge in [-0.2, -0.15) is 0 Å². The molecule has 0 radical (unpaired) electrons. The van der Waals surface area contributed by atoms with Gasteiger partial charge in [-0.15, -0.1) is 0 Å². The number of amides is 3. The first kappa shape index (κ1) is 78.9. The Morgan fingerprint density at radius 3 is 1.11 bits per heavy atom. The van der Waals surface area contributed by atoms with Crippen LogP contribution < -0.4 is 57.1 Å². The minimum absolute atomic E-state index is 0. The molecule has 2 unspecified atom stereocenters. The topological polar surface area (TPSA) is 339 Å². The zero-order valence-electron chi connectivity index (χ0n) is 56.7. The van der Waals surface area contributed by atoms with Gasteiger partial charge in [0.2, 0.25) is 5.78 Å². The molecule has 0 spiro atoms. The van der Waals surface area contributed by atoms with Crippen LogP contribution >= 0.6 is 34.8 Å². The average Bonchev–Trinajstić information content (AvgIpc) is 0.781. The number of pyridine rings is 9. The molecule has 21 nitrogen and oxygen atoms in total. The van der Waals surface area contributed by atoms with Gasteiger partial charge in [0.15, 0.2) is 0 Å². The van der Waals surface area contributed by atoms with E-state index in [1.165, 1.54) is 24.7 Å².